The van der Waals surface area contributed by atoms with Gasteiger partial charge in [-0.05, 0) is 34.5 Å². The molecule has 0 heterocycles. The summed E-state index contributed by atoms with van der Waals surface area (Å²) in [7, 11) is 0. The van der Waals surface area contributed by atoms with Crippen molar-refractivity contribution in [3.8, 4) is 0 Å². The lowest BCUT2D eigenvalue weighted by atomic mass is 10.1. The number of carboxylic acids is 1. The number of nitrogens with one attached hydrogen (secondary N) is 1. The number of halogens is 1. The monoisotopic (exact) mass is 314 g/mol. The van der Waals surface area contributed by atoms with E-state index in [1.807, 2.05) is 6.92 Å². The first-order chi connectivity index (χ1) is 8.45. The summed E-state index contributed by atoms with van der Waals surface area (Å²) in [6.07, 6.45) is 0.853. The van der Waals surface area contributed by atoms with Crippen LogP contribution in [0.1, 0.15) is 30.1 Å². The maximum Gasteiger partial charge on any atom is 0.337 e. The molecule has 6 heteroatoms. The first kappa shape index (κ1) is 14.7. The fourth-order valence-electron chi connectivity index (χ4n) is 1.40. The van der Waals surface area contributed by atoms with Crippen LogP contribution in [-0.4, -0.2) is 23.0 Å². The van der Waals surface area contributed by atoms with Crippen LogP contribution < -0.4 is 11.1 Å². The third kappa shape index (κ3) is 3.82. The highest BCUT2D eigenvalue weighted by molar-refractivity contribution is 9.10. The van der Waals surface area contributed by atoms with Crippen molar-refractivity contribution < 1.29 is 14.7 Å². The second kappa shape index (κ2) is 6.51. The Morgan fingerprint density at radius 3 is 2.72 bits per heavy atom. The van der Waals surface area contributed by atoms with Gasteiger partial charge in [0.25, 0.3) is 0 Å². The summed E-state index contributed by atoms with van der Waals surface area (Å²) in [6.45, 7) is 1.89. The Balaban J connectivity index is 2.90. The average Bonchev–Trinajstić information content (AvgIpc) is 2.31. The summed E-state index contributed by atoms with van der Waals surface area (Å²) in [5, 5.41) is 11.6. The molecule has 4 N–H and O–H groups in total. The zero-order chi connectivity index (χ0) is 13.7. The van der Waals surface area contributed by atoms with Gasteiger partial charge < -0.3 is 16.2 Å². The van der Waals surface area contributed by atoms with E-state index in [4.69, 9.17) is 10.8 Å². The molecule has 0 fully saturated rings. The lowest BCUT2D eigenvalue weighted by molar-refractivity contribution is -0.116. The van der Waals surface area contributed by atoms with Crippen molar-refractivity contribution in [3.05, 3.63) is 28.2 Å². The molecule has 0 bridgehead atoms. The topological polar surface area (TPSA) is 92.4 Å². The first-order valence-electron chi connectivity index (χ1n) is 5.53. The highest BCUT2D eigenvalue weighted by atomic mass is 79.9. The maximum atomic E-state index is 11.7. The molecular formula is C12H15BrN2O3. The molecule has 0 aromatic heterocycles. The molecule has 1 amide bonds. The van der Waals surface area contributed by atoms with Crippen LogP contribution in [0.5, 0.6) is 0 Å². The van der Waals surface area contributed by atoms with Gasteiger partial charge in [-0.2, -0.15) is 0 Å². The predicted octanol–water partition coefficient (Wildman–Crippen LogP) is 2.21. The Morgan fingerprint density at radius 1 is 1.50 bits per heavy atom. The molecule has 0 aliphatic heterocycles. The van der Waals surface area contributed by atoms with E-state index >= 15 is 0 Å². The molecule has 1 rings (SSSR count). The van der Waals surface area contributed by atoms with Crippen LogP contribution in [0.2, 0.25) is 0 Å². The number of carbonyl (C=O) groups is 2. The highest BCUT2D eigenvalue weighted by Crippen LogP contribution is 2.26. The quantitative estimate of drug-likeness (QED) is 0.777. The number of rotatable bonds is 5. The molecule has 0 saturated heterocycles. The minimum Gasteiger partial charge on any atom is -0.478 e. The highest BCUT2D eigenvalue weighted by Gasteiger charge is 2.16. The van der Waals surface area contributed by atoms with Gasteiger partial charge in [-0.3, -0.25) is 4.79 Å². The molecule has 18 heavy (non-hydrogen) atoms. The second-order valence-corrected chi connectivity index (χ2v) is 4.74. The van der Waals surface area contributed by atoms with Crippen LogP contribution in [0.25, 0.3) is 0 Å². The standard InChI is InChI=1S/C12H15BrN2O3/c1-2-7(14)6-10(16)15-11-8(12(17)18)4-3-5-9(11)13/h3-5,7H,2,6,14H2,1H3,(H,15,16)(H,17,18). The lowest BCUT2D eigenvalue weighted by Crippen LogP contribution is -2.26. The number of amides is 1. The van der Waals surface area contributed by atoms with Crippen molar-refractivity contribution in [1.82, 2.24) is 0 Å². The molecule has 1 unspecified atom stereocenters. The van der Waals surface area contributed by atoms with Crippen LogP contribution in [0.3, 0.4) is 0 Å². The number of carbonyl (C=O) groups excluding carboxylic acids is 1. The van der Waals surface area contributed by atoms with Gasteiger partial charge in [0.05, 0.1) is 11.3 Å². The molecule has 0 aliphatic rings. The van der Waals surface area contributed by atoms with Gasteiger partial charge >= 0.3 is 5.97 Å². The summed E-state index contributed by atoms with van der Waals surface area (Å²) in [5.74, 6) is -1.38. The fraction of sp³-hybridized carbons (Fsp3) is 0.333. The van der Waals surface area contributed by atoms with Crippen molar-refractivity contribution in [2.75, 3.05) is 5.32 Å². The zero-order valence-corrected chi connectivity index (χ0v) is 11.5. The van der Waals surface area contributed by atoms with E-state index in [1.165, 1.54) is 6.07 Å². The summed E-state index contributed by atoms with van der Waals surface area (Å²) < 4.78 is 0.529. The van der Waals surface area contributed by atoms with Gasteiger partial charge in [-0.1, -0.05) is 13.0 Å². The van der Waals surface area contributed by atoms with Gasteiger partial charge in [-0.15, -0.1) is 0 Å². The molecule has 1 aromatic rings. The van der Waals surface area contributed by atoms with Crippen LogP contribution in [0.15, 0.2) is 22.7 Å². The molecule has 0 saturated carbocycles. The van der Waals surface area contributed by atoms with E-state index in [9.17, 15) is 9.59 Å². The molecule has 5 nitrogen and oxygen atoms in total. The summed E-state index contributed by atoms with van der Waals surface area (Å²) in [5.41, 5.74) is 5.98. The van der Waals surface area contributed by atoms with Gasteiger partial charge in [-0.25, -0.2) is 4.79 Å². The summed E-state index contributed by atoms with van der Waals surface area (Å²) in [6, 6.07) is 4.48. The Bertz CT molecular complexity index is 463. The minimum atomic E-state index is -1.09. The molecule has 98 valence electrons. The third-order valence-corrected chi connectivity index (χ3v) is 3.14. The Labute approximate surface area is 113 Å². The van der Waals surface area contributed by atoms with Crippen molar-refractivity contribution in [3.63, 3.8) is 0 Å². The lowest BCUT2D eigenvalue weighted by Gasteiger charge is -2.12. The van der Waals surface area contributed by atoms with Crippen molar-refractivity contribution in [2.45, 2.75) is 25.8 Å². The number of benzene rings is 1. The van der Waals surface area contributed by atoms with E-state index in [-0.39, 0.29) is 29.6 Å². The summed E-state index contributed by atoms with van der Waals surface area (Å²) >= 11 is 3.22. The number of anilines is 1. The Kier molecular flexibility index (Phi) is 5.30. The van der Waals surface area contributed by atoms with Crippen molar-refractivity contribution in [1.29, 1.82) is 0 Å². The van der Waals surface area contributed by atoms with Gasteiger partial charge in [0.2, 0.25) is 5.91 Å². The normalized spacial score (nSPS) is 11.9. The molecule has 0 radical (unpaired) electrons. The number of para-hydroxylation sites is 1. The molecule has 0 spiro atoms. The number of hydrogen-bond donors (Lipinski definition) is 3. The summed E-state index contributed by atoms with van der Waals surface area (Å²) in [4.78, 5) is 22.7. The largest absolute Gasteiger partial charge is 0.478 e. The maximum absolute atomic E-state index is 11.7. The smallest absolute Gasteiger partial charge is 0.337 e. The molecule has 0 aliphatic carbocycles. The fourth-order valence-corrected chi connectivity index (χ4v) is 1.87. The van der Waals surface area contributed by atoms with Gasteiger partial charge in [0.1, 0.15) is 0 Å². The van der Waals surface area contributed by atoms with E-state index < -0.39 is 5.97 Å². The second-order valence-electron chi connectivity index (χ2n) is 3.89. The van der Waals surface area contributed by atoms with Gasteiger partial charge in [0, 0.05) is 16.9 Å². The van der Waals surface area contributed by atoms with E-state index in [0.717, 1.165) is 0 Å². The number of nitrogens with two attached hydrogens (primary N) is 1. The van der Waals surface area contributed by atoms with E-state index in [2.05, 4.69) is 21.2 Å². The minimum absolute atomic E-state index is 0.0443. The SMILES string of the molecule is CCC(N)CC(=O)Nc1c(Br)cccc1C(=O)O. The van der Waals surface area contributed by atoms with Crippen LogP contribution >= 0.6 is 15.9 Å². The Hall–Kier alpha value is -1.40. The van der Waals surface area contributed by atoms with Gasteiger partial charge in [0.15, 0.2) is 0 Å². The van der Waals surface area contributed by atoms with E-state index in [0.29, 0.717) is 10.9 Å². The van der Waals surface area contributed by atoms with Crippen LogP contribution in [-0.2, 0) is 4.79 Å². The first-order valence-corrected chi connectivity index (χ1v) is 6.32. The third-order valence-electron chi connectivity index (χ3n) is 2.48. The van der Waals surface area contributed by atoms with Crippen molar-refractivity contribution >= 4 is 33.5 Å². The number of hydrogen-bond acceptors (Lipinski definition) is 3. The predicted molar refractivity (Wildman–Crippen MR) is 72.6 cm³/mol. The van der Waals surface area contributed by atoms with Crippen LogP contribution in [0.4, 0.5) is 5.69 Å². The average molecular weight is 315 g/mol. The molecule has 1 atom stereocenters. The molecular weight excluding hydrogens is 300 g/mol. The number of carboxylic acid groups (broad SMARTS) is 1. The van der Waals surface area contributed by atoms with Crippen molar-refractivity contribution in [2.24, 2.45) is 5.73 Å². The number of aromatic carboxylic acids is 1. The van der Waals surface area contributed by atoms with Crippen LogP contribution in [0, 0.1) is 0 Å². The Morgan fingerprint density at radius 2 is 2.17 bits per heavy atom. The molecule has 1 aromatic carbocycles. The van der Waals surface area contributed by atoms with E-state index in [1.54, 1.807) is 12.1 Å². The zero-order valence-electron chi connectivity index (χ0n) is 9.94.